The van der Waals surface area contributed by atoms with Gasteiger partial charge in [-0.1, -0.05) is 39.7 Å². The molecule has 41 heavy (non-hydrogen) atoms. The van der Waals surface area contributed by atoms with E-state index in [1.54, 1.807) is 30.6 Å². The average molecular weight is 617 g/mol. The number of phenols is 1. The Hall–Kier alpha value is -2.31. The van der Waals surface area contributed by atoms with Gasteiger partial charge in [-0.05, 0) is 55.7 Å². The number of rotatable bonds is 8. The predicted molar refractivity (Wildman–Crippen MR) is 168 cm³/mol. The minimum atomic E-state index is -1.32. The molecule has 12 heteroatoms. The molecule has 0 radical (unpaired) electrons. The summed E-state index contributed by atoms with van der Waals surface area (Å²) >= 11 is 12.3. The van der Waals surface area contributed by atoms with E-state index >= 15 is 4.39 Å². The Morgan fingerprint density at radius 2 is 1.88 bits per heavy atom. The highest BCUT2D eigenvalue weighted by Gasteiger charge is 2.46. The molecule has 0 spiro atoms. The van der Waals surface area contributed by atoms with Crippen LogP contribution in [0.3, 0.4) is 0 Å². The van der Waals surface area contributed by atoms with Crippen LogP contribution in [0.1, 0.15) is 65.7 Å². The van der Waals surface area contributed by atoms with E-state index in [4.69, 9.17) is 4.74 Å². The third-order valence-electron chi connectivity index (χ3n) is 8.46. The van der Waals surface area contributed by atoms with Crippen molar-refractivity contribution in [2.45, 2.75) is 87.6 Å². The van der Waals surface area contributed by atoms with Gasteiger partial charge in [0, 0.05) is 23.1 Å². The molecular weight excluding hydrogens is 580 g/mol. The van der Waals surface area contributed by atoms with Gasteiger partial charge in [-0.3, -0.25) is 0 Å². The number of aromatic hydroxyl groups is 1. The number of aromatic nitrogens is 5. The van der Waals surface area contributed by atoms with Crippen LogP contribution >= 0.6 is 37.9 Å². The molecule has 0 bridgehead atoms. The van der Waals surface area contributed by atoms with Crippen molar-refractivity contribution in [3.8, 4) is 34.1 Å². The van der Waals surface area contributed by atoms with Crippen molar-refractivity contribution in [1.29, 1.82) is 0 Å². The number of nitrogens with zero attached hydrogens (tertiary/aromatic N) is 6. The fraction of sp³-hybridized carbons (Fsp3) is 0.552. The first-order valence-corrected chi connectivity index (χ1v) is 15.5. The summed E-state index contributed by atoms with van der Waals surface area (Å²) in [4.78, 5) is 6.72. The minimum absolute atomic E-state index is 0.0151. The van der Waals surface area contributed by atoms with Gasteiger partial charge in [0.15, 0.2) is 11.6 Å². The van der Waals surface area contributed by atoms with Gasteiger partial charge in [-0.2, -0.15) is 5.10 Å². The van der Waals surface area contributed by atoms with Crippen LogP contribution in [0.2, 0.25) is 0 Å². The van der Waals surface area contributed by atoms with E-state index < -0.39 is 9.77 Å². The van der Waals surface area contributed by atoms with Gasteiger partial charge in [0.25, 0.3) is 0 Å². The lowest BCUT2D eigenvalue weighted by Crippen LogP contribution is -2.51. The number of anilines is 1. The number of phenolic OH excluding ortho intramolecular Hbond substituents is 1. The van der Waals surface area contributed by atoms with Gasteiger partial charge in [0.05, 0.1) is 24.0 Å². The van der Waals surface area contributed by atoms with E-state index in [0.717, 1.165) is 44.9 Å². The van der Waals surface area contributed by atoms with Gasteiger partial charge >= 0.3 is 0 Å². The highest BCUT2D eigenvalue weighted by molar-refractivity contribution is 8.16. The van der Waals surface area contributed by atoms with Crippen LogP contribution in [-0.2, 0) is 0 Å². The van der Waals surface area contributed by atoms with E-state index in [2.05, 4.69) is 88.9 Å². The first kappa shape index (κ1) is 30.2. The number of halogens is 1. The third-order valence-corrected chi connectivity index (χ3v) is 8.73. The van der Waals surface area contributed by atoms with E-state index in [1.165, 1.54) is 0 Å². The zero-order chi connectivity index (χ0) is 29.4. The SMILES string of the molecule is CC[C@]1(C)CCCC(C)C[C@H](N(c2cnc(-c3ccc(-c4cnnc(OC(S)(S)S)c4)cc3O)nn2)C2CC2)[C@@H]1F. The summed E-state index contributed by atoms with van der Waals surface area (Å²) in [5.41, 5.74) is 1.42. The monoisotopic (exact) mass is 616 g/mol. The summed E-state index contributed by atoms with van der Waals surface area (Å²) in [6.45, 7) is 6.41. The molecule has 0 aliphatic heterocycles. The average Bonchev–Trinajstić information content (AvgIpc) is 3.76. The Balaban J connectivity index is 1.40. The first-order valence-electron chi connectivity index (χ1n) is 14.1. The van der Waals surface area contributed by atoms with Crippen LogP contribution in [0.5, 0.6) is 11.6 Å². The topological polar surface area (TPSA) is 97.2 Å². The lowest BCUT2D eigenvalue weighted by molar-refractivity contribution is 0.0577. The van der Waals surface area contributed by atoms with Crippen LogP contribution in [0.15, 0.2) is 36.7 Å². The molecule has 0 amide bonds. The normalized spacial score (nSPS) is 25.3. The zero-order valence-corrected chi connectivity index (χ0v) is 26.2. The van der Waals surface area contributed by atoms with Crippen molar-refractivity contribution in [2.24, 2.45) is 11.3 Å². The van der Waals surface area contributed by atoms with Crippen LogP contribution in [0.25, 0.3) is 22.5 Å². The molecule has 220 valence electrons. The standard InChI is InChI=1S/C29H37FN6O2S3/c1-4-28(3)11-5-6-17(2)12-22(26(28)30)36(20-8-9-20)24-16-31-27(35-33-24)21-10-7-18(13-23(21)37)19-14-25(34-32-15-19)38-29(39,40)41/h7,10,13-17,20,22,26,37,39-41H,4-6,8-9,11-12H2,1-3H3/t17?,22-,26-,28+/m0/s1. The van der Waals surface area contributed by atoms with Gasteiger partial charge in [-0.15, -0.1) is 53.2 Å². The maximum absolute atomic E-state index is 16.3. The fourth-order valence-corrected chi connectivity index (χ4v) is 6.10. The second kappa shape index (κ2) is 12.1. The number of hydrogen-bond donors (Lipinski definition) is 4. The quantitative estimate of drug-likeness (QED) is 0.162. The summed E-state index contributed by atoms with van der Waals surface area (Å²) in [5.74, 6) is 1.49. The highest BCUT2D eigenvalue weighted by atomic mass is 32.2. The second-order valence-corrected chi connectivity index (χ2v) is 14.6. The first-order chi connectivity index (χ1) is 19.5. The maximum atomic E-state index is 16.3. The van der Waals surface area contributed by atoms with Crippen molar-refractivity contribution >= 4 is 43.7 Å². The summed E-state index contributed by atoms with van der Waals surface area (Å²) in [5, 5.41) is 27.6. The Kier molecular flexibility index (Phi) is 8.92. The molecule has 2 aromatic heterocycles. The summed E-state index contributed by atoms with van der Waals surface area (Å²) < 4.78 is 20.5. The number of alkyl halides is 1. The van der Waals surface area contributed by atoms with E-state index in [0.29, 0.717) is 28.4 Å². The second-order valence-electron chi connectivity index (χ2n) is 11.7. The smallest absolute Gasteiger partial charge is 0.243 e. The molecule has 2 fully saturated rings. The molecule has 1 N–H and O–H groups in total. The number of thiol groups is 3. The van der Waals surface area contributed by atoms with Crippen molar-refractivity contribution in [1.82, 2.24) is 25.4 Å². The predicted octanol–water partition coefficient (Wildman–Crippen LogP) is 6.78. The molecule has 8 nitrogen and oxygen atoms in total. The minimum Gasteiger partial charge on any atom is -0.507 e. The maximum Gasteiger partial charge on any atom is 0.243 e. The van der Waals surface area contributed by atoms with Crippen LogP contribution in [0, 0.1) is 11.3 Å². The molecule has 1 unspecified atom stereocenters. The van der Waals surface area contributed by atoms with Gasteiger partial charge < -0.3 is 14.7 Å². The van der Waals surface area contributed by atoms with Crippen molar-refractivity contribution in [2.75, 3.05) is 4.90 Å². The molecule has 2 aliphatic carbocycles. The lowest BCUT2D eigenvalue weighted by atomic mass is 9.71. The Bertz CT molecular complexity index is 1360. The van der Waals surface area contributed by atoms with Crippen molar-refractivity contribution < 1.29 is 14.2 Å². The number of hydrogen-bond acceptors (Lipinski definition) is 11. The molecule has 3 aromatic rings. The molecule has 1 aromatic carbocycles. The molecule has 2 saturated carbocycles. The van der Waals surface area contributed by atoms with Crippen LogP contribution in [0.4, 0.5) is 10.2 Å². The fourth-order valence-electron chi connectivity index (χ4n) is 5.82. The summed E-state index contributed by atoms with van der Waals surface area (Å²) in [7, 11) is 0. The van der Waals surface area contributed by atoms with E-state index in [-0.39, 0.29) is 35.0 Å². The van der Waals surface area contributed by atoms with Gasteiger partial charge in [0.2, 0.25) is 9.48 Å². The highest BCUT2D eigenvalue weighted by Crippen LogP contribution is 2.45. The third kappa shape index (κ3) is 7.02. The van der Waals surface area contributed by atoms with E-state index in [1.807, 2.05) is 6.07 Å². The van der Waals surface area contributed by atoms with Crippen molar-refractivity contribution in [3.63, 3.8) is 0 Å². The molecule has 2 heterocycles. The number of benzene rings is 1. The molecular formula is C29H37FN6O2S3. The molecule has 5 rings (SSSR count). The van der Waals surface area contributed by atoms with Gasteiger partial charge in [-0.25, -0.2) is 9.37 Å². The molecule has 4 atom stereocenters. The summed E-state index contributed by atoms with van der Waals surface area (Å²) in [6.07, 6.45) is 8.94. The summed E-state index contributed by atoms with van der Waals surface area (Å²) in [6, 6.07) is 6.76. The van der Waals surface area contributed by atoms with Gasteiger partial charge in [0.1, 0.15) is 11.9 Å². The lowest BCUT2D eigenvalue weighted by Gasteiger charge is -2.45. The number of ether oxygens (including phenoxy) is 1. The molecule has 0 saturated heterocycles. The van der Waals surface area contributed by atoms with Crippen LogP contribution in [-0.4, -0.2) is 52.3 Å². The zero-order valence-electron chi connectivity index (χ0n) is 23.5. The molecule has 2 aliphatic rings. The van der Waals surface area contributed by atoms with Crippen LogP contribution < -0.4 is 9.64 Å². The Morgan fingerprint density at radius 1 is 1.10 bits per heavy atom. The van der Waals surface area contributed by atoms with Crippen molar-refractivity contribution in [3.05, 3.63) is 36.7 Å². The Labute approximate surface area is 257 Å². The largest absolute Gasteiger partial charge is 0.507 e. The Morgan fingerprint density at radius 3 is 2.51 bits per heavy atom. The van der Waals surface area contributed by atoms with E-state index in [9.17, 15) is 5.11 Å².